The molecule has 1 aromatic rings. The predicted octanol–water partition coefficient (Wildman–Crippen LogP) is 1.24. The van der Waals surface area contributed by atoms with Crippen molar-refractivity contribution in [1.29, 1.82) is 0 Å². The molecule has 0 radical (unpaired) electrons. The standard InChI is InChI=1S/C13H18FN3O3/c14-11-8-12(10-13(9-11)17(19)20)16-3-1-2-15(4-5-16)6-7-18/h8-10,18H,1-7H2. The molecule has 1 fully saturated rings. The first kappa shape index (κ1) is 14.7. The number of hydrogen-bond donors (Lipinski definition) is 1. The maximum atomic E-state index is 13.5. The molecule has 6 nitrogen and oxygen atoms in total. The number of benzene rings is 1. The van der Waals surface area contributed by atoms with Crippen LogP contribution in [0.15, 0.2) is 18.2 Å². The van der Waals surface area contributed by atoms with Crippen molar-refractivity contribution in [3.63, 3.8) is 0 Å². The molecular weight excluding hydrogens is 265 g/mol. The van der Waals surface area contributed by atoms with Crippen LogP contribution >= 0.6 is 0 Å². The Kier molecular flexibility index (Phi) is 4.86. The Hall–Kier alpha value is -1.73. The Morgan fingerprint density at radius 1 is 1.25 bits per heavy atom. The molecule has 7 heteroatoms. The highest BCUT2D eigenvalue weighted by Crippen LogP contribution is 2.24. The van der Waals surface area contributed by atoms with Crippen molar-refractivity contribution < 1.29 is 14.4 Å². The maximum absolute atomic E-state index is 13.5. The SMILES string of the molecule is O=[N+]([O-])c1cc(F)cc(N2CCCN(CCO)CC2)c1. The molecule has 0 aliphatic carbocycles. The van der Waals surface area contributed by atoms with Crippen LogP contribution in [-0.2, 0) is 0 Å². The first-order valence-electron chi connectivity index (χ1n) is 6.63. The van der Waals surface area contributed by atoms with Gasteiger partial charge in [0.15, 0.2) is 0 Å². The van der Waals surface area contributed by atoms with Gasteiger partial charge in [0.05, 0.1) is 17.6 Å². The Morgan fingerprint density at radius 2 is 2.05 bits per heavy atom. The summed E-state index contributed by atoms with van der Waals surface area (Å²) >= 11 is 0. The van der Waals surface area contributed by atoms with Gasteiger partial charge in [-0.25, -0.2) is 4.39 Å². The first-order valence-corrected chi connectivity index (χ1v) is 6.63. The molecule has 1 aliphatic heterocycles. The fraction of sp³-hybridized carbons (Fsp3) is 0.538. The van der Waals surface area contributed by atoms with E-state index in [1.807, 2.05) is 4.90 Å². The van der Waals surface area contributed by atoms with Crippen LogP contribution in [0.5, 0.6) is 0 Å². The summed E-state index contributed by atoms with van der Waals surface area (Å²) in [5, 5.41) is 19.7. The fourth-order valence-corrected chi connectivity index (χ4v) is 2.44. The minimum atomic E-state index is -0.592. The highest BCUT2D eigenvalue weighted by molar-refractivity contribution is 5.53. The molecule has 0 atom stereocenters. The lowest BCUT2D eigenvalue weighted by Gasteiger charge is -2.23. The summed E-state index contributed by atoms with van der Waals surface area (Å²) < 4.78 is 13.5. The van der Waals surface area contributed by atoms with Crippen LogP contribution in [0.25, 0.3) is 0 Å². The zero-order chi connectivity index (χ0) is 14.5. The molecule has 0 saturated carbocycles. The average molecular weight is 283 g/mol. The molecule has 110 valence electrons. The van der Waals surface area contributed by atoms with Crippen molar-refractivity contribution in [2.45, 2.75) is 6.42 Å². The molecule has 0 amide bonds. The number of aliphatic hydroxyl groups excluding tert-OH is 1. The number of anilines is 1. The maximum Gasteiger partial charge on any atom is 0.274 e. The summed E-state index contributed by atoms with van der Waals surface area (Å²) in [6.07, 6.45) is 0.879. The third-order valence-electron chi connectivity index (χ3n) is 3.45. The number of nitro groups is 1. The third-order valence-corrected chi connectivity index (χ3v) is 3.45. The molecule has 0 spiro atoms. The number of halogens is 1. The summed E-state index contributed by atoms with van der Waals surface area (Å²) in [6.45, 7) is 3.76. The molecule has 20 heavy (non-hydrogen) atoms. The van der Waals surface area contributed by atoms with E-state index in [0.717, 1.165) is 32.1 Å². The van der Waals surface area contributed by atoms with E-state index in [-0.39, 0.29) is 12.3 Å². The molecule has 0 unspecified atom stereocenters. The number of non-ortho nitro benzene ring substituents is 1. The number of rotatable bonds is 4. The number of aliphatic hydroxyl groups is 1. The molecule has 0 aromatic heterocycles. The van der Waals surface area contributed by atoms with Gasteiger partial charge < -0.3 is 10.0 Å². The van der Waals surface area contributed by atoms with E-state index in [4.69, 9.17) is 5.11 Å². The van der Waals surface area contributed by atoms with Gasteiger partial charge in [0.25, 0.3) is 5.69 Å². The van der Waals surface area contributed by atoms with Crippen LogP contribution in [0.1, 0.15) is 6.42 Å². The van der Waals surface area contributed by atoms with Crippen LogP contribution in [0, 0.1) is 15.9 Å². The summed E-state index contributed by atoms with van der Waals surface area (Å²) in [5.74, 6) is -0.592. The minimum Gasteiger partial charge on any atom is -0.395 e. The number of nitro benzene ring substituents is 1. The second kappa shape index (κ2) is 6.62. The van der Waals surface area contributed by atoms with Gasteiger partial charge in [-0.2, -0.15) is 0 Å². The van der Waals surface area contributed by atoms with Crippen LogP contribution in [-0.4, -0.2) is 54.3 Å². The average Bonchev–Trinajstić information content (AvgIpc) is 2.64. The summed E-state index contributed by atoms with van der Waals surface area (Å²) in [4.78, 5) is 14.3. The van der Waals surface area contributed by atoms with E-state index < -0.39 is 10.7 Å². The van der Waals surface area contributed by atoms with Gasteiger partial charge in [0.2, 0.25) is 0 Å². The smallest absolute Gasteiger partial charge is 0.274 e. The zero-order valence-electron chi connectivity index (χ0n) is 11.2. The van der Waals surface area contributed by atoms with E-state index in [2.05, 4.69) is 4.90 Å². The molecule has 0 bridgehead atoms. The molecular formula is C13H18FN3O3. The number of hydrogen-bond acceptors (Lipinski definition) is 5. The Bertz CT molecular complexity index is 484. The normalized spacial score (nSPS) is 17.0. The lowest BCUT2D eigenvalue weighted by atomic mass is 10.2. The summed E-state index contributed by atoms with van der Waals surface area (Å²) in [6, 6.07) is 3.67. The molecule has 1 aliphatic rings. The van der Waals surface area contributed by atoms with E-state index >= 15 is 0 Å². The van der Waals surface area contributed by atoms with Crippen LogP contribution < -0.4 is 4.90 Å². The molecule has 1 heterocycles. The summed E-state index contributed by atoms with van der Waals surface area (Å²) in [5.41, 5.74) is 0.319. The predicted molar refractivity (Wildman–Crippen MR) is 73.4 cm³/mol. The lowest BCUT2D eigenvalue weighted by Crippen LogP contribution is -2.32. The quantitative estimate of drug-likeness (QED) is 0.665. The van der Waals surface area contributed by atoms with E-state index in [1.54, 1.807) is 0 Å². The summed E-state index contributed by atoms with van der Waals surface area (Å²) in [7, 11) is 0. The van der Waals surface area contributed by atoms with Crippen LogP contribution in [0.2, 0.25) is 0 Å². The van der Waals surface area contributed by atoms with Gasteiger partial charge in [-0.3, -0.25) is 15.0 Å². The van der Waals surface area contributed by atoms with Crippen molar-refractivity contribution in [1.82, 2.24) is 4.90 Å². The minimum absolute atomic E-state index is 0.117. The van der Waals surface area contributed by atoms with Crippen molar-refractivity contribution in [3.8, 4) is 0 Å². The highest BCUT2D eigenvalue weighted by Gasteiger charge is 2.18. The lowest BCUT2D eigenvalue weighted by molar-refractivity contribution is -0.385. The van der Waals surface area contributed by atoms with Gasteiger partial charge in [-0.15, -0.1) is 0 Å². The fourth-order valence-electron chi connectivity index (χ4n) is 2.44. The Balaban J connectivity index is 2.13. The van der Waals surface area contributed by atoms with Gasteiger partial charge in [-0.1, -0.05) is 0 Å². The zero-order valence-corrected chi connectivity index (χ0v) is 11.2. The second-order valence-corrected chi connectivity index (χ2v) is 4.83. The van der Waals surface area contributed by atoms with Crippen molar-refractivity contribution >= 4 is 11.4 Å². The van der Waals surface area contributed by atoms with E-state index in [9.17, 15) is 14.5 Å². The molecule has 1 N–H and O–H groups in total. The van der Waals surface area contributed by atoms with E-state index in [0.29, 0.717) is 18.8 Å². The van der Waals surface area contributed by atoms with Crippen molar-refractivity contribution in [2.75, 3.05) is 44.2 Å². The number of β-amino-alcohol motifs (C(OH)–C–C–N with tert-alkyl or cyclic N) is 1. The number of nitrogens with zero attached hydrogens (tertiary/aromatic N) is 3. The third kappa shape index (κ3) is 3.64. The topological polar surface area (TPSA) is 69.9 Å². The molecule has 2 rings (SSSR count). The second-order valence-electron chi connectivity index (χ2n) is 4.83. The largest absolute Gasteiger partial charge is 0.395 e. The van der Waals surface area contributed by atoms with Gasteiger partial charge in [-0.05, 0) is 19.0 Å². The van der Waals surface area contributed by atoms with Gasteiger partial charge in [0.1, 0.15) is 5.82 Å². The Morgan fingerprint density at radius 3 is 2.75 bits per heavy atom. The monoisotopic (exact) mass is 283 g/mol. The van der Waals surface area contributed by atoms with Crippen LogP contribution in [0.4, 0.5) is 15.8 Å². The van der Waals surface area contributed by atoms with Crippen molar-refractivity contribution in [2.24, 2.45) is 0 Å². The first-order chi connectivity index (χ1) is 9.60. The van der Waals surface area contributed by atoms with Gasteiger partial charge >= 0.3 is 0 Å². The highest BCUT2D eigenvalue weighted by atomic mass is 19.1. The van der Waals surface area contributed by atoms with Gasteiger partial charge in [0, 0.05) is 37.9 Å². The van der Waals surface area contributed by atoms with Crippen molar-refractivity contribution in [3.05, 3.63) is 34.1 Å². The van der Waals surface area contributed by atoms with Crippen LogP contribution in [0.3, 0.4) is 0 Å². The van der Waals surface area contributed by atoms with E-state index in [1.165, 1.54) is 12.1 Å². The molecule has 1 aromatic carbocycles. The Labute approximate surface area is 116 Å². The molecule has 1 saturated heterocycles.